The number of carbonyl (C=O) groups excluding carboxylic acids is 1. The number of nitrogens with two attached hydrogens (primary N) is 1. The van der Waals surface area contributed by atoms with E-state index in [0.717, 1.165) is 5.56 Å². The predicted octanol–water partition coefficient (Wildman–Crippen LogP) is 1.15. The fraction of sp³-hybridized carbons (Fsp3) is 0.176. The molecule has 0 radical (unpaired) electrons. The second kappa shape index (κ2) is 5.31. The maximum absolute atomic E-state index is 12.5. The Morgan fingerprint density at radius 3 is 2.26 bits per heavy atom. The van der Waals surface area contributed by atoms with E-state index in [1.54, 1.807) is 25.3 Å². The Morgan fingerprint density at radius 2 is 1.70 bits per heavy atom. The Kier molecular flexibility index (Phi) is 3.44. The maximum atomic E-state index is 12.5. The van der Waals surface area contributed by atoms with Gasteiger partial charge in [0.1, 0.15) is 5.41 Å². The summed E-state index contributed by atoms with van der Waals surface area (Å²) >= 11 is 0. The van der Waals surface area contributed by atoms with Gasteiger partial charge in [-0.1, -0.05) is 36.4 Å². The number of rotatable bonds is 4. The van der Waals surface area contributed by atoms with Crippen molar-refractivity contribution in [2.24, 2.45) is 21.4 Å². The summed E-state index contributed by atoms with van der Waals surface area (Å²) in [6.07, 6.45) is 4.45. The van der Waals surface area contributed by atoms with Gasteiger partial charge in [-0.3, -0.25) is 9.59 Å². The molecule has 2 aromatic rings. The summed E-state index contributed by atoms with van der Waals surface area (Å²) in [6, 6.07) is 14.1. The molecule has 1 aromatic heterocycles. The van der Waals surface area contributed by atoms with Crippen LogP contribution in [0.1, 0.15) is 12.5 Å². The van der Waals surface area contributed by atoms with Crippen molar-refractivity contribution in [2.45, 2.75) is 12.5 Å². The summed E-state index contributed by atoms with van der Waals surface area (Å²) in [5.41, 5.74) is 3.79. The number of primary amides is 1. The third-order valence-electron chi connectivity index (χ3n) is 4.44. The Hall–Kier alpha value is -3.02. The van der Waals surface area contributed by atoms with Crippen LogP contribution in [0.4, 0.5) is 0 Å². The van der Waals surface area contributed by atoms with Crippen molar-refractivity contribution in [1.29, 1.82) is 0 Å². The first-order chi connectivity index (χ1) is 11.0. The molecule has 3 rings (SSSR count). The van der Waals surface area contributed by atoms with Crippen LogP contribution in [0.2, 0.25) is 0 Å². The van der Waals surface area contributed by atoms with Crippen LogP contribution >= 0.6 is 0 Å². The Balaban J connectivity index is 2.39. The lowest BCUT2D eigenvalue weighted by Crippen LogP contribution is -2.59. The van der Waals surface area contributed by atoms with E-state index >= 15 is 0 Å². The molecular formula is C17H16N4O2. The zero-order valence-corrected chi connectivity index (χ0v) is 12.6. The van der Waals surface area contributed by atoms with Crippen LogP contribution in [0.15, 0.2) is 69.7 Å². The molecular weight excluding hydrogens is 292 g/mol. The fourth-order valence-corrected chi connectivity index (χ4v) is 3.04. The summed E-state index contributed by atoms with van der Waals surface area (Å²) in [5, 5.41) is 7.67. The lowest BCUT2D eigenvalue weighted by Gasteiger charge is -2.42. The molecule has 1 atom stereocenters. The van der Waals surface area contributed by atoms with Crippen LogP contribution in [0.5, 0.6) is 0 Å². The predicted molar refractivity (Wildman–Crippen MR) is 88.5 cm³/mol. The maximum Gasteiger partial charge on any atom is 0.251 e. The van der Waals surface area contributed by atoms with Gasteiger partial charge in [0.05, 0.1) is 18.0 Å². The second-order valence-electron chi connectivity index (χ2n) is 5.57. The molecule has 2 N–H and O–H groups in total. The summed E-state index contributed by atoms with van der Waals surface area (Å²) in [6.45, 7) is 1.79. The van der Waals surface area contributed by atoms with Gasteiger partial charge in [0.25, 0.3) is 5.56 Å². The van der Waals surface area contributed by atoms with Gasteiger partial charge in [0, 0.05) is 12.3 Å². The van der Waals surface area contributed by atoms with Crippen LogP contribution in [0, 0.1) is 5.41 Å². The van der Waals surface area contributed by atoms with E-state index in [4.69, 9.17) is 5.73 Å². The number of pyridine rings is 1. The van der Waals surface area contributed by atoms with Crippen molar-refractivity contribution in [1.82, 2.24) is 4.57 Å². The molecule has 0 aliphatic carbocycles. The molecule has 0 fully saturated rings. The quantitative estimate of drug-likeness (QED) is 0.918. The van der Waals surface area contributed by atoms with Gasteiger partial charge in [-0.05, 0) is 18.6 Å². The van der Waals surface area contributed by atoms with Gasteiger partial charge >= 0.3 is 0 Å². The van der Waals surface area contributed by atoms with Gasteiger partial charge in [0.2, 0.25) is 5.91 Å². The number of hydrogen-bond acceptors (Lipinski definition) is 4. The van der Waals surface area contributed by atoms with E-state index < -0.39 is 16.9 Å². The van der Waals surface area contributed by atoms with Crippen LogP contribution in [0.25, 0.3) is 0 Å². The monoisotopic (exact) mass is 308 g/mol. The Labute approximate surface area is 133 Å². The van der Waals surface area contributed by atoms with Crippen molar-refractivity contribution in [3.63, 3.8) is 0 Å². The van der Waals surface area contributed by atoms with Crippen molar-refractivity contribution in [3.8, 4) is 0 Å². The topological polar surface area (TPSA) is 89.8 Å². The summed E-state index contributed by atoms with van der Waals surface area (Å²) in [7, 11) is 0. The summed E-state index contributed by atoms with van der Waals surface area (Å²) in [5.74, 6) is -0.621. The minimum absolute atomic E-state index is 0.242. The lowest BCUT2D eigenvalue weighted by molar-refractivity contribution is -0.124. The van der Waals surface area contributed by atoms with Crippen molar-refractivity contribution >= 4 is 18.3 Å². The highest BCUT2D eigenvalue weighted by Gasteiger charge is 2.55. The van der Waals surface area contributed by atoms with E-state index in [-0.39, 0.29) is 5.56 Å². The number of amides is 1. The van der Waals surface area contributed by atoms with E-state index in [1.165, 1.54) is 23.1 Å². The third-order valence-corrected chi connectivity index (χ3v) is 4.44. The summed E-state index contributed by atoms with van der Waals surface area (Å²) in [4.78, 5) is 24.8. The molecule has 23 heavy (non-hydrogen) atoms. The first-order valence-electron chi connectivity index (χ1n) is 7.15. The first-order valence-corrected chi connectivity index (χ1v) is 7.15. The van der Waals surface area contributed by atoms with Gasteiger partial charge in [-0.15, -0.1) is 0 Å². The van der Waals surface area contributed by atoms with Crippen LogP contribution in [-0.2, 0) is 10.3 Å². The third kappa shape index (κ3) is 2.03. The van der Waals surface area contributed by atoms with Crippen molar-refractivity contribution < 1.29 is 4.79 Å². The molecule has 0 bridgehead atoms. The number of aromatic nitrogens is 1. The number of benzene rings is 1. The first kappa shape index (κ1) is 14.9. The van der Waals surface area contributed by atoms with Gasteiger partial charge in [0.15, 0.2) is 0 Å². The minimum Gasteiger partial charge on any atom is -0.368 e. The molecule has 0 saturated carbocycles. The van der Waals surface area contributed by atoms with Gasteiger partial charge in [-0.25, -0.2) is 0 Å². The van der Waals surface area contributed by atoms with Crippen LogP contribution in [0.3, 0.4) is 0 Å². The summed E-state index contributed by atoms with van der Waals surface area (Å²) < 4.78 is 1.50. The molecule has 1 aliphatic heterocycles. The van der Waals surface area contributed by atoms with E-state index in [0.29, 0.717) is 0 Å². The van der Waals surface area contributed by atoms with Gasteiger partial charge in [-0.2, -0.15) is 10.2 Å². The number of carbonyl (C=O) groups is 1. The minimum atomic E-state index is -1.33. The highest BCUT2D eigenvalue weighted by Crippen LogP contribution is 2.41. The Bertz CT molecular complexity index is 842. The highest BCUT2D eigenvalue weighted by atomic mass is 16.1. The molecule has 1 amide bonds. The lowest BCUT2D eigenvalue weighted by atomic mass is 9.67. The van der Waals surface area contributed by atoms with Crippen LogP contribution < -0.4 is 11.3 Å². The standard InChI is InChI=1S/C17H16N4O2/c1-16(13-7-3-2-4-8-13,21-10-6-5-9-14(21)22)17(15(18)23)11-19-20-12-17/h2-12H,1H3,(H2,18,23). The average Bonchev–Trinajstić information content (AvgIpc) is 3.07. The molecule has 1 unspecified atom stereocenters. The number of nitrogens with zero attached hydrogens (tertiary/aromatic N) is 3. The molecule has 2 heterocycles. The molecule has 116 valence electrons. The molecule has 0 saturated heterocycles. The Morgan fingerprint density at radius 1 is 1.09 bits per heavy atom. The largest absolute Gasteiger partial charge is 0.368 e. The smallest absolute Gasteiger partial charge is 0.251 e. The van der Waals surface area contributed by atoms with Crippen molar-refractivity contribution in [2.75, 3.05) is 0 Å². The van der Waals surface area contributed by atoms with Gasteiger partial charge < -0.3 is 10.3 Å². The fourth-order valence-electron chi connectivity index (χ4n) is 3.04. The average molecular weight is 308 g/mol. The van der Waals surface area contributed by atoms with Crippen LogP contribution in [-0.4, -0.2) is 22.9 Å². The molecule has 1 aromatic carbocycles. The number of hydrogen-bond donors (Lipinski definition) is 1. The van der Waals surface area contributed by atoms with E-state index in [9.17, 15) is 9.59 Å². The zero-order valence-electron chi connectivity index (χ0n) is 12.6. The normalized spacial score (nSPS) is 17.8. The van der Waals surface area contributed by atoms with E-state index in [1.807, 2.05) is 30.3 Å². The molecule has 6 nitrogen and oxygen atoms in total. The van der Waals surface area contributed by atoms with Crippen molar-refractivity contribution in [3.05, 3.63) is 70.6 Å². The highest BCUT2D eigenvalue weighted by molar-refractivity contribution is 6.16. The molecule has 1 aliphatic rings. The second-order valence-corrected chi connectivity index (χ2v) is 5.57. The zero-order chi connectivity index (χ0) is 16.5. The SMILES string of the molecule is CC(c1ccccc1)(n1ccccc1=O)C1(C(N)=O)C=NN=C1. The molecule has 0 spiro atoms. The molecule has 6 heteroatoms. The van der Waals surface area contributed by atoms with E-state index in [2.05, 4.69) is 10.2 Å².